The molecule has 4 rings (SSSR count). The monoisotopic (exact) mass is 497 g/mol. The molecule has 35 heavy (non-hydrogen) atoms. The Morgan fingerprint density at radius 2 is 1.91 bits per heavy atom. The second-order valence-corrected chi connectivity index (χ2v) is 10.4. The number of hydrogen-bond donors (Lipinski definition) is 1. The molecule has 2 aromatic carbocycles. The highest BCUT2D eigenvalue weighted by atomic mass is 32.2. The average Bonchev–Trinajstić information content (AvgIpc) is 3.08. The third-order valence-corrected chi connectivity index (χ3v) is 7.96. The number of amides is 1. The van der Waals surface area contributed by atoms with Gasteiger partial charge in [0.05, 0.1) is 10.6 Å². The summed E-state index contributed by atoms with van der Waals surface area (Å²) in [5, 5.41) is 2.81. The SMILES string of the molecule is Cc1ccc(F)cc1S(=O)(=O)N(Cc1ccc(OCc2ccccn2)cc1)[C@H]1CCCCNC1=O. The molecule has 1 saturated heterocycles. The fourth-order valence-corrected chi connectivity index (χ4v) is 5.89. The highest BCUT2D eigenvalue weighted by molar-refractivity contribution is 7.89. The summed E-state index contributed by atoms with van der Waals surface area (Å²) in [6.45, 7) is 2.40. The number of halogens is 1. The third-order valence-electron chi connectivity index (χ3n) is 5.97. The van der Waals surface area contributed by atoms with Gasteiger partial charge in [-0.05, 0) is 73.7 Å². The van der Waals surface area contributed by atoms with Gasteiger partial charge in [0.2, 0.25) is 15.9 Å². The largest absolute Gasteiger partial charge is 0.487 e. The van der Waals surface area contributed by atoms with Crippen molar-refractivity contribution in [2.75, 3.05) is 6.54 Å². The van der Waals surface area contributed by atoms with Gasteiger partial charge in [0.15, 0.2) is 0 Å². The van der Waals surface area contributed by atoms with Crippen LogP contribution in [0.1, 0.15) is 36.1 Å². The topological polar surface area (TPSA) is 88.6 Å². The number of benzene rings is 2. The lowest BCUT2D eigenvalue weighted by Crippen LogP contribution is -2.48. The molecule has 0 saturated carbocycles. The van der Waals surface area contributed by atoms with E-state index in [1.54, 1.807) is 37.4 Å². The fourth-order valence-electron chi connectivity index (χ4n) is 4.05. The molecule has 3 aromatic rings. The second-order valence-electron chi connectivity index (χ2n) is 8.52. The van der Waals surface area contributed by atoms with E-state index in [1.807, 2.05) is 18.2 Å². The molecule has 0 unspecified atom stereocenters. The first kappa shape index (κ1) is 24.8. The molecule has 1 fully saturated rings. The fraction of sp³-hybridized carbons (Fsp3) is 0.308. The lowest BCUT2D eigenvalue weighted by Gasteiger charge is -2.29. The van der Waals surface area contributed by atoms with Gasteiger partial charge in [-0.15, -0.1) is 0 Å². The van der Waals surface area contributed by atoms with Gasteiger partial charge in [-0.3, -0.25) is 9.78 Å². The lowest BCUT2D eigenvalue weighted by molar-refractivity contribution is -0.124. The Balaban J connectivity index is 1.60. The van der Waals surface area contributed by atoms with E-state index in [4.69, 9.17) is 4.74 Å². The van der Waals surface area contributed by atoms with Crippen molar-refractivity contribution in [3.05, 3.63) is 89.5 Å². The van der Waals surface area contributed by atoms with Gasteiger partial charge in [-0.1, -0.05) is 24.3 Å². The van der Waals surface area contributed by atoms with Gasteiger partial charge in [-0.25, -0.2) is 12.8 Å². The van der Waals surface area contributed by atoms with E-state index >= 15 is 0 Å². The Hall–Kier alpha value is -3.30. The van der Waals surface area contributed by atoms with Crippen LogP contribution in [0.15, 0.2) is 71.8 Å². The summed E-state index contributed by atoms with van der Waals surface area (Å²) in [5.41, 5.74) is 1.90. The van der Waals surface area contributed by atoms with Crippen LogP contribution < -0.4 is 10.1 Å². The molecule has 184 valence electrons. The molecule has 1 aromatic heterocycles. The summed E-state index contributed by atoms with van der Waals surface area (Å²) in [4.78, 5) is 16.9. The van der Waals surface area contributed by atoms with Crippen LogP contribution in [-0.4, -0.2) is 36.2 Å². The molecule has 2 heterocycles. The van der Waals surface area contributed by atoms with E-state index in [2.05, 4.69) is 10.3 Å². The van der Waals surface area contributed by atoms with E-state index in [0.29, 0.717) is 42.9 Å². The van der Waals surface area contributed by atoms with Crippen molar-refractivity contribution in [3.8, 4) is 5.75 Å². The number of sulfonamides is 1. The average molecular weight is 498 g/mol. The number of hydrogen-bond acceptors (Lipinski definition) is 5. The molecule has 1 amide bonds. The summed E-state index contributed by atoms with van der Waals surface area (Å²) in [5.74, 6) is -0.369. The Bertz CT molecular complexity index is 1270. The van der Waals surface area contributed by atoms with Crippen LogP contribution in [-0.2, 0) is 28.0 Å². The molecular weight excluding hydrogens is 469 g/mol. The predicted octanol–water partition coefficient (Wildman–Crippen LogP) is 3.97. The zero-order chi connectivity index (χ0) is 24.8. The maximum Gasteiger partial charge on any atom is 0.244 e. The van der Waals surface area contributed by atoms with E-state index < -0.39 is 21.9 Å². The number of ether oxygens (including phenoxy) is 1. The van der Waals surface area contributed by atoms with Crippen LogP contribution >= 0.6 is 0 Å². The van der Waals surface area contributed by atoms with Crippen LogP contribution in [0.3, 0.4) is 0 Å². The van der Waals surface area contributed by atoms with E-state index in [9.17, 15) is 17.6 Å². The number of pyridine rings is 1. The third kappa shape index (κ3) is 6.04. The minimum atomic E-state index is -4.16. The van der Waals surface area contributed by atoms with Crippen molar-refractivity contribution in [1.82, 2.24) is 14.6 Å². The number of carbonyl (C=O) groups excluding carboxylic acids is 1. The maximum atomic E-state index is 14.0. The summed E-state index contributed by atoms with van der Waals surface area (Å²) in [7, 11) is -4.16. The van der Waals surface area contributed by atoms with Gasteiger partial charge < -0.3 is 10.1 Å². The maximum absolute atomic E-state index is 14.0. The highest BCUT2D eigenvalue weighted by Gasteiger charge is 2.37. The van der Waals surface area contributed by atoms with Gasteiger partial charge in [-0.2, -0.15) is 4.31 Å². The van der Waals surface area contributed by atoms with Gasteiger partial charge in [0.1, 0.15) is 24.2 Å². The summed E-state index contributed by atoms with van der Waals surface area (Å²) < 4.78 is 48.5. The normalized spacial score (nSPS) is 16.5. The van der Waals surface area contributed by atoms with Gasteiger partial charge >= 0.3 is 0 Å². The zero-order valence-electron chi connectivity index (χ0n) is 19.5. The minimum absolute atomic E-state index is 0.0309. The van der Waals surface area contributed by atoms with Crippen molar-refractivity contribution >= 4 is 15.9 Å². The van der Waals surface area contributed by atoms with Crippen LogP contribution in [0, 0.1) is 12.7 Å². The highest BCUT2D eigenvalue weighted by Crippen LogP contribution is 2.28. The van der Waals surface area contributed by atoms with Crippen LogP contribution in [0.4, 0.5) is 4.39 Å². The first-order valence-electron chi connectivity index (χ1n) is 11.5. The van der Waals surface area contributed by atoms with Crippen LogP contribution in [0.2, 0.25) is 0 Å². The lowest BCUT2D eigenvalue weighted by atomic mass is 10.1. The van der Waals surface area contributed by atoms with Crippen LogP contribution in [0.5, 0.6) is 5.75 Å². The molecule has 1 aliphatic heterocycles. The summed E-state index contributed by atoms with van der Waals surface area (Å²) >= 11 is 0. The number of aromatic nitrogens is 1. The standard InChI is InChI=1S/C26H28FN3O4S/c1-19-8-11-21(27)16-25(19)35(32,33)30(24-7-3-5-15-29-26(24)31)17-20-9-12-23(13-10-20)34-18-22-6-2-4-14-28-22/h2,4,6,8-14,16,24H,3,5,7,15,17-18H2,1H3,(H,29,31)/t24-/m0/s1. The summed E-state index contributed by atoms with van der Waals surface area (Å²) in [6.07, 6.45) is 3.57. The molecule has 0 radical (unpaired) electrons. The molecule has 9 heteroatoms. The molecule has 1 aliphatic rings. The van der Waals surface area contributed by atoms with E-state index in [1.165, 1.54) is 16.4 Å². The number of rotatable bonds is 8. The number of aryl methyl sites for hydroxylation is 1. The Morgan fingerprint density at radius 1 is 1.11 bits per heavy atom. The molecule has 0 spiro atoms. The van der Waals surface area contributed by atoms with Gasteiger partial charge in [0.25, 0.3) is 0 Å². The summed E-state index contributed by atoms with van der Waals surface area (Å²) in [6, 6.07) is 15.4. The second kappa shape index (κ2) is 11.0. The van der Waals surface area contributed by atoms with Crippen molar-refractivity contribution in [3.63, 3.8) is 0 Å². The van der Waals surface area contributed by atoms with Crippen LogP contribution in [0.25, 0.3) is 0 Å². The van der Waals surface area contributed by atoms with Crippen molar-refractivity contribution in [2.24, 2.45) is 0 Å². The van der Waals surface area contributed by atoms with E-state index in [-0.39, 0.29) is 17.3 Å². The Morgan fingerprint density at radius 3 is 2.66 bits per heavy atom. The Labute approximate surface area is 205 Å². The van der Waals surface area contributed by atoms with E-state index in [0.717, 1.165) is 18.2 Å². The number of nitrogens with one attached hydrogen (secondary N) is 1. The smallest absolute Gasteiger partial charge is 0.244 e. The van der Waals surface area contributed by atoms with Crippen molar-refractivity contribution in [1.29, 1.82) is 0 Å². The van der Waals surface area contributed by atoms with Crippen molar-refractivity contribution < 1.29 is 22.3 Å². The molecular formula is C26H28FN3O4S. The first-order chi connectivity index (χ1) is 16.8. The molecule has 0 aliphatic carbocycles. The first-order valence-corrected chi connectivity index (χ1v) is 13.0. The molecule has 7 nitrogen and oxygen atoms in total. The predicted molar refractivity (Wildman–Crippen MR) is 130 cm³/mol. The minimum Gasteiger partial charge on any atom is -0.487 e. The molecule has 1 N–H and O–H groups in total. The van der Waals surface area contributed by atoms with Crippen molar-refractivity contribution in [2.45, 2.75) is 50.3 Å². The number of carbonyl (C=O) groups is 1. The number of nitrogens with zero attached hydrogens (tertiary/aromatic N) is 2. The van der Waals surface area contributed by atoms with Gasteiger partial charge in [0, 0.05) is 19.3 Å². The Kier molecular flexibility index (Phi) is 7.77. The molecule has 1 atom stereocenters. The quantitative estimate of drug-likeness (QED) is 0.509. The zero-order valence-corrected chi connectivity index (χ0v) is 20.3. The molecule has 0 bridgehead atoms.